The Morgan fingerprint density at radius 3 is 2.70 bits per heavy atom. The zero-order valence-corrected chi connectivity index (χ0v) is 12.8. The standard InChI is InChI=1S/C15H18BrF2NO/c16-11-4-2-1-3-5-14(11)19-15(20)9-10-6-7-12(17)13(18)8-10/h6-8,11,14H,1-5,9H2,(H,19,20). The lowest BCUT2D eigenvalue weighted by Crippen LogP contribution is -2.41. The SMILES string of the molecule is O=C(Cc1ccc(F)c(F)c1)NC1CCCCCC1Br. The zero-order valence-electron chi connectivity index (χ0n) is 11.2. The van der Waals surface area contributed by atoms with Gasteiger partial charge in [-0.1, -0.05) is 41.3 Å². The Balaban J connectivity index is 1.92. The molecule has 0 aliphatic heterocycles. The smallest absolute Gasteiger partial charge is 0.224 e. The molecule has 1 aromatic carbocycles. The lowest BCUT2D eigenvalue weighted by Gasteiger charge is -2.21. The van der Waals surface area contributed by atoms with Crippen molar-refractivity contribution in [2.24, 2.45) is 0 Å². The Kier molecular flexibility index (Phi) is 5.52. The minimum Gasteiger partial charge on any atom is -0.352 e. The van der Waals surface area contributed by atoms with E-state index in [2.05, 4.69) is 21.2 Å². The Morgan fingerprint density at radius 2 is 1.95 bits per heavy atom. The van der Waals surface area contributed by atoms with E-state index in [0.717, 1.165) is 31.4 Å². The van der Waals surface area contributed by atoms with Gasteiger partial charge in [-0.3, -0.25) is 4.79 Å². The molecule has 1 saturated carbocycles. The molecule has 110 valence electrons. The molecule has 0 radical (unpaired) electrons. The van der Waals surface area contributed by atoms with Crippen molar-refractivity contribution in [1.82, 2.24) is 5.32 Å². The highest BCUT2D eigenvalue weighted by Gasteiger charge is 2.22. The van der Waals surface area contributed by atoms with E-state index in [4.69, 9.17) is 0 Å². The fourth-order valence-electron chi connectivity index (χ4n) is 2.52. The third kappa shape index (κ3) is 4.27. The first kappa shape index (κ1) is 15.4. The maximum Gasteiger partial charge on any atom is 0.224 e. The van der Waals surface area contributed by atoms with Gasteiger partial charge in [-0.25, -0.2) is 8.78 Å². The number of rotatable bonds is 3. The molecule has 1 N–H and O–H groups in total. The van der Waals surface area contributed by atoms with Crippen LogP contribution in [0.1, 0.15) is 37.7 Å². The second kappa shape index (κ2) is 7.16. The maximum atomic E-state index is 13.1. The molecule has 20 heavy (non-hydrogen) atoms. The van der Waals surface area contributed by atoms with Crippen LogP contribution in [0.15, 0.2) is 18.2 Å². The van der Waals surface area contributed by atoms with E-state index in [1.165, 1.54) is 18.9 Å². The summed E-state index contributed by atoms with van der Waals surface area (Å²) in [5.41, 5.74) is 0.487. The van der Waals surface area contributed by atoms with E-state index in [0.29, 0.717) is 10.4 Å². The predicted octanol–water partition coefficient (Wildman–Crippen LogP) is 3.72. The van der Waals surface area contributed by atoms with Crippen molar-refractivity contribution in [2.45, 2.75) is 49.4 Å². The Bertz CT molecular complexity index is 481. The van der Waals surface area contributed by atoms with Crippen LogP contribution in [-0.2, 0) is 11.2 Å². The van der Waals surface area contributed by atoms with Gasteiger partial charge < -0.3 is 5.32 Å². The summed E-state index contributed by atoms with van der Waals surface area (Å²) >= 11 is 3.62. The van der Waals surface area contributed by atoms with E-state index in [9.17, 15) is 13.6 Å². The summed E-state index contributed by atoms with van der Waals surface area (Å²) in [6.45, 7) is 0. The van der Waals surface area contributed by atoms with Crippen molar-refractivity contribution < 1.29 is 13.6 Å². The minimum atomic E-state index is -0.914. The third-order valence-corrected chi connectivity index (χ3v) is 4.72. The molecule has 1 amide bonds. The summed E-state index contributed by atoms with van der Waals surface area (Å²) in [6.07, 6.45) is 5.56. The van der Waals surface area contributed by atoms with Crippen LogP contribution in [-0.4, -0.2) is 16.8 Å². The lowest BCUT2D eigenvalue weighted by molar-refractivity contribution is -0.121. The number of amides is 1. The summed E-state index contributed by atoms with van der Waals surface area (Å²) < 4.78 is 25.9. The van der Waals surface area contributed by atoms with Gasteiger partial charge in [-0.2, -0.15) is 0 Å². The van der Waals surface area contributed by atoms with Gasteiger partial charge in [0.15, 0.2) is 11.6 Å². The molecule has 1 aliphatic rings. The van der Waals surface area contributed by atoms with Gasteiger partial charge in [-0.05, 0) is 30.5 Å². The van der Waals surface area contributed by atoms with Crippen LogP contribution < -0.4 is 5.32 Å². The summed E-state index contributed by atoms with van der Waals surface area (Å²) in [6, 6.07) is 3.69. The molecule has 1 aliphatic carbocycles. The summed E-state index contributed by atoms with van der Waals surface area (Å²) in [5, 5.41) is 2.99. The number of hydrogen-bond acceptors (Lipinski definition) is 1. The first-order chi connectivity index (χ1) is 9.56. The number of alkyl halides is 1. The van der Waals surface area contributed by atoms with Gasteiger partial charge in [0.05, 0.1) is 6.42 Å². The topological polar surface area (TPSA) is 29.1 Å². The van der Waals surface area contributed by atoms with Crippen LogP contribution in [0.25, 0.3) is 0 Å². The van der Waals surface area contributed by atoms with Crippen molar-refractivity contribution in [1.29, 1.82) is 0 Å². The van der Waals surface area contributed by atoms with Crippen LogP contribution in [0.4, 0.5) is 8.78 Å². The predicted molar refractivity (Wildman–Crippen MR) is 77.8 cm³/mol. The van der Waals surface area contributed by atoms with Gasteiger partial charge in [0, 0.05) is 10.9 Å². The van der Waals surface area contributed by atoms with Gasteiger partial charge in [-0.15, -0.1) is 0 Å². The molecular formula is C15H18BrF2NO. The zero-order chi connectivity index (χ0) is 14.5. The quantitative estimate of drug-likeness (QED) is 0.656. The molecule has 0 heterocycles. The van der Waals surface area contributed by atoms with Crippen LogP contribution >= 0.6 is 15.9 Å². The number of benzene rings is 1. The molecule has 1 aromatic rings. The first-order valence-electron chi connectivity index (χ1n) is 6.93. The number of carbonyl (C=O) groups excluding carboxylic acids is 1. The summed E-state index contributed by atoms with van der Waals surface area (Å²) in [4.78, 5) is 12.3. The molecule has 2 rings (SSSR count). The first-order valence-corrected chi connectivity index (χ1v) is 7.85. The molecule has 5 heteroatoms. The van der Waals surface area contributed by atoms with Crippen molar-refractivity contribution >= 4 is 21.8 Å². The normalized spacial score (nSPS) is 23.1. The van der Waals surface area contributed by atoms with E-state index >= 15 is 0 Å². The van der Waals surface area contributed by atoms with E-state index in [1.807, 2.05) is 0 Å². The average molecular weight is 346 g/mol. The highest BCUT2D eigenvalue weighted by Crippen LogP contribution is 2.23. The Morgan fingerprint density at radius 1 is 1.20 bits per heavy atom. The molecular weight excluding hydrogens is 328 g/mol. The van der Waals surface area contributed by atoms with Gasteiger partial charge in [0.1, 0.15) is 0 Å². The Hall–Kier alpha value is -0.970. The monoisotopic (exact) mass is 345 g/mol. The largest absolute Gasteiger partial charge is 0.352 e. The summed E-state index contributed by atoms with van der Waals surface area (Å²) in [7, 11) is 0. The van der Waals surface area contributed by atoms with E-state index in [-0.39, 0.29) is 18.4 Å². The van der Waals surface area contributed by atoms with Crippen LogP contribution in [0.5, 0.6) is 0 Å². The highest BCUT2D eigenvalue weighted by molar-refractivity contribution is 9.09. The molecule has 0 bridgehead atoms. The molecule has 2 atom stereocenters. The third-order valence-electron chi connectivity index (χ3n) is 3.63. The lowest BCUT2D eigenvalue weighted by atomic mass is 10.1. The number of halogens is 3. The molecule has 0 spiro atoms. The second-order valence-electron chi connectivity index (χ2n) is 5.25. The van der Waals surface area contributed by atoms with Crippen molar-refractivity contribution in [3.8, 4) is 0 Å². The van der Waals surface area contributed by atoms with Gasteiger partial charge >= 0.3 is 0 Å². The molecule has 0 aromatic heterocycles. The van der Waals surface area contributed by atoms with Crippen molar-refractivity contribution in [2.75, 3.05) is 0 Å². The highest BCUT2D eigenvalue weighted by atomic mass is 79.9. The number of hydrogen-bond donors (Lipinski definition) is 1. The van der Waals surface area contributed by atoms with Crippen molar-refractivity contribution in [3.05, 3.63) is 35.4 Å². The number of carbonyl (C=O) groups is 1. The van der Waals surface area contributed by atoms with Gasteiger partial charge in [0.25, 0.3) is 0 Å². The Labute approximate surface area is 126 Å². The molecule has 0 saturated heterocycles. The maximum absolute atomic E-state index is 13.1. The fourth-order valence-corrected chi connectivity index (χ4v) is 3.24. The average Bonchev–Trinajstić information content (AvgIpc) is 2.59. The van der Waals surface area contributed by atoms with Crippen LogP contribution in [0.3, 0.4) is 0 Å². The van der Waals surface area contributed by atoms with Crippen LogP contribution in [0.2, 0.25) is 0 Å². The van der Waals surface area contributed by atoms with Gasteiger partial charge in [0.2, 0.25) is 5.91 Å². The number of nitrogens with one attached hydrogen (secondary N) is 1. The van der Waals surface area contributed by atoms with Crippen LogP contribution in [0, 0.1) is 11.6 Å². The molecule has 1 fully saturated rings. The minimum absolute atomic E-state index is 0.0768. The van der Waals surface area contributed by atoms with E-state index in [1.54, 1.807) is 0 Å². The second-order valence-corrected chi connectivity index (χ2v) is 6.43. The molecule has 2 unspecified atom stereocenters. The molecule has 2 nitrogen and oxygen atoms in total. The van der Waals surface area contributed by atoms with Crippen molar-refractivity contribution in [3.63, 3.8) is 0 Å². The summed E-state index contributed by atoms with van der Waals surface area (Å²) in [5.74, 6) is -1.95. The fraction of sp³-hybridized carbons (Fsp3) is 0.533. The van der Waals surface area contributed by atoms with E-state index < -0.39 is 11.6 Å².